The summed E-state index contributed by atoms with van der Waals surface area (Å²) in [5, 5.41) is 2.78. The van der Waals surface area contributed by atoms with Crippen LogP contribution in [-0.2, 0) is 14.8 Å². The number of amides is 1. The van der Waals surface area contributed by atoms with Crippen molar-refractivity contribution in [3.05, 3.63) is 87.6 Å². The molecule has 1 N–H and O–H groups in total. The van der Waals surface area contributed by atoms with Gasteiger partial charge in [-0.15, -0.1) is 0 Å². The molecular formula is C21H17BrClFN2O3S. The first-order valence-electron chi connectivity index (χ1n) is 8.78. The lowest BCUT2D eigenvalue weighted by Gasteiger charge is -2.26. The van der Waals surface area contributed by atoms with Gasteiger partial charge >= 0.3 is 0 Å². The molecule has 1 amide bonds. The van der Waals surface area contributed by atoms with Crippen LogP contribution in [0, 0.1) is 12.7 Å². The van der Waals surface area contributed by atoms with Crippen LogP contribution >= 0.6 is 27.5 Å². The molecule has 0 spiro atoms. The SMILES string of the molecule is Cc1c(Cl)cccc1N(CC(=O)Nc1ccc(Br)cc1F)S(=O)(=O)c1ccccc1. The van der Waals surface area contributed by atoms with Crippen LogP contribution in [0.3, 0.4) is 0 Å². The van der Waals surface area contributed by atoms with Crippen molar-refractivity contribution >= 4 is 54.8 Å². The van der Waals surface area contributed by atoms with Gasteiger partial charge in [-0.25, -0.2) is 12.8 Å². The number of hydrogen-bond donors (Lipinski definition) is 1. The van der Waals surface area contributed by atoms with E-state index < -0.39 is 28.3 Å². The maximum Gasteiger partial charge on any atom is 0.264 e. The lowest BCUT2D eigenvalue weighted by Crippen LogP contribution is -2.38. The molecule has 0 aliphatic rings. The van der Waals surface area contributed by atoms with Gasteiger partial charge in [-0.3, -0.25) is 9.10 Å². The predicted octanol–water partition coefficient (Wildman–Crippen LogP) is 5.38. The van der Waals surface area contributed by atoms with Crippen LogP contribution in [0.5, 0.6) is 0 Å². The van der Waals surface area contributed by atoms with Crippen LogP contribution in [0.1, 0.15) is 5.56 Å². The van der Waals surface area contributed by atoms with E-state index in [1.165, 1.54) is 24.3 Å². The quantitative estimate of drug-likeness (QED) is 0.483. The zero-order chi connectivity index (χ0) is 21.9. The molecule has 0 aromatic heterocycles. The third-order valence-electron chi connectivity index (χ3n) is 4.33. The Hall–Kier alpha value is -2.42. The van der Waals surface area contributed by atoms with Crippen LogP contribution in [0.2, 0.25) is 5.02 Å². The number of hydrogen-bond acceptors (Lipinski definition) is 3. The topological polar surface area (TPSA) is 66.5 Å². The molecule has 9 heteroatoms. The second kappa shape index (κ2) is 9.16. The number of nitrogens with one attached hydrogen (secondary N) is 1. The minimum atomic E-state index is -4.08. The minimum absolute atomic E-state index is 0.0204. The van der Waals surface area contributed by atoms with E-state index >= 15 is 0 Å². The minimum Gasteiger partial charge on any atom is -0.322 e. The first-order valence-corrected chi connectivity index (χ1v) is 11.4. The molecular weight excluding hydrogens is 495 g/mol. The summed E-state index contributed by atoms with van der Waals surface area (Å²) < 4.78 is 42.2. The fourth-order valence-corrected chi connectivity index (χ4v) is 4.80. The molecule has 0 atom stereocenters. The summed E-state index contributed by atoms with van der Waals surface area (Å²) in [5.41, 5.74) is 0.710. The zero-order valence-corrected chi connectivity index (χ0v) is 18.9. The smallest absolute Gasteiger partial charge is 0.264 e. The molecule has 0 unspecified atom stereocenters. The van der Waals surface area contributed by atoms with Crippen molar-refractivity contribution < 1.29 is 17.6 Å². The summed E-state index contributed by atoms with van der Waals surface area (Å²) in [5.74, 6) is -1.34. The highest BCUT2D eigenvalue weighted by atomic mass is 79.9. The Labute approximate surface area is 187 Å². The fraction of sp³-hybridized carbons (Fsp3) is 0.0952. The summed E-state index contributed by atoms with van der Waals surface area (Å²) in [6.07, 6.45) is 0. The van der Waals surface area contributed by atoms with Crippen LogP contribution in [-0.4, -0.2) is 20.9 Å². The Morgan fingerprint density at radius 1 is 1.10 bits per heavy atom. The maximum atomic E-state index is 14.1. The van der Waals surface area contributed by atoms with E-state index in [9.17, 15) is 17.6 Å². The van der Waals surface area contributed by atoms with Crippen molar-refractivity contribution in [3.63, 3.8) is 0 Å². The van der Waals surface area contributed by atoms with Crippen molar-refractivity contribution in [2.45, 2.75) is 11.8 Å². The van der Waals surface area contributed by atoms with Crippen molar-refractivity contribution in [1.29, 1.82) is 0 Å². The maximum absolute atomic E-state index is 14.1. The molecule has 0 radical (unpaired) electrons. The number of benzene rings is 3. The molecule has 0 saturated carbocycles. The summed E-state index contributed by atoms with van der Waals surface area (Å²) in [6.45, 7) is 1.10. The number of anilines is 2. The second-order valence-electron chi connectivity index (χ2n) is 6.38. The number of rotatable bonds is 6. The predicted molar refractivity (Wildman–Crippen MR) is 120 cm³/mol. The summed E-state index contributed by atoms with van der Waals surface area (Å²) in [7, 11) is -4.08. The van der Waals surface area contributed by atoms with Gasteiger partial charge in [0.2, 0.25) is 5.91 Å². The number of halogens is 3. The number of carbonyl (C=O) groups is 1. The molecule has 0 heterocycles. The summed E-state index contributed by atoms with van der Waals surface area (Å²) in [6, 6.07) is 16.7. The van der Waals surface area contributed by atoms with Crippen LogP contribution < -0.4 is 9.62 Å². The monoisotopic (exact) mass is 510 g/mol. The largest absolute Gasteiger partial charge is 0.322 e. The highest BCUT2D eigenvalue weighted by Gasteiger charge is 2.28. The van der Waals surface area contributed by atoms with Gasteiger partial charge in [-0.1, -0.05) is 51.8 Å². The number of carbonyl (C=O) groups excluding carboxylic acids is 1. The van der Waals surface area contributed by atoms with Gasteiger partial charge in [0.05, 0.1) is 16.3 Å². The van der Waals surface area contributed by atoms with E-state index in [0.717, 1.165) is 4.31 Å². The molecule has 3 rings (SSSR count). The average molecular weight is 512 g/mol. The van der Waals surface area contributed by atoms with E-state index in [4.69, 9.17) is 11.6 Å². The molecule has 0 bridgehead atoms. The first-order chi connectivity index (χ1) is 14.2. The Kier molecular flexibility index (Phi) is 6.80. The van der Waals surface area contributed by atoms with E-state index in [1.54, 1.807) is 49.4 Å². The lowest BCUT2D eigenvalue weighted by molar-refractivity contribution is -0.114. The molecule has 30 heavy (non-hydrogen) atoms. The lowest BCUT2D eigenvalue weighted by atomic mass is 10.2. The Bertz CT molecular complexity index is 1190. The molecule has 5 nitrogen and oxygen atoms in total. The second-order valence-corrected chi connectivity index (χ2v) is 9.57. The Morgan fingerprint density at radius 3 is 2.47 bits per heavy atom. The normalized spacial score (nSPS) is 11.2. The van der Waals surface area contributed by atoms with Crippen LogP contribution in [0.25, 0.3) is 0 Å². The van der Waals surface area contributed by atoms with Gasteiger partial charge in [-0.05, 0) is 55.0 Å². The van der Waals surface area contributed by atoms with Crippen molar-refractivity contribution in [3.8, 4) is 0 Å². The number of nitrogens with zero attached hydrogens (tertiary/aromatic N) is 1. The standard InChI is InChI=1S/C21H17BrClFN2O3S/c1-14-17(23)8-5-9-20(14)26(30(28,29)16-6-3-2-4-7-16)13-21(27)25-19-11-10-15(22)12-18(19)24/h2-12H,13H2,1H3,(H,25,27). The zero-order valence-electron chi connectivity index (χ0n) is 15.8. The Morgan fingerprint density at radius 2 is 1.80 bits per heavy atom. The Balaban J connectivity index is 1.99. The molecule has 156 valence electrons. The van der Waals surface area contributed by atoms with Crippen LogP contribution in [0.4, 0.5) is 15.8 Å². The molecule has 0 aliphatic heterocycles. The summed E-state index contributed by atoms with van der Waals surface area (Å²) in [4.78, 5) is 12.7. The van der Waals surface area contributed by atoms with Gasteiger partial charge in [0.15, 0.2) is 0 Å². The van der Waals surface area contributed by atoms with Gasteiger partial charge in [0, 0.05) is 9.50 Å². The van der Waals surface area contributed by atoms with E-state index in [-0.39, 0.29) is 16.3 Å². The third-order valence-corrected chi connectivity index (χ3v) is 7.01. The highest BCUT2D eigenvalue weighted by Crippen LogP contribution is 2.31. The van der Waals surface area contributed by atoms with E-state index in [1.807, 2.05) is 0 Å². The van der Waals surface area contributed by atoms with Gasteiger partial charge in [0.1, 0.15) is 12.4 Å². The molecule has 0 saturated heterocycles. The third kappa shape index (κ3) is 4.83. The van der Waals surface area contributed by atoms with Crippen molar-refractivity contribution in [2.75, 3.05) is 16.2 Å². The van der Waals surface area contributed by atoms with Gasteiger partial charge in [-0.2, -0.15) is 0 Å². The molecule has 0 aliphatic carbocycles. The summed E-state index contributed by atoms with van der Waals surface area (Å²) >= 11 is 9.33. The van der Waals surface area contributed by atoms with E-state index in [0.29, 0.717) is 15.1 Å². The highest BCUT2D eigenvalue weighted by molar-refractivity contribution is 9.10. The first kappa shape index (κ1) is 22.3. The van der Waals surface area contributed by atoms with Gasteiger partial charge in [0.25, 0.3) is 10.0 Å². The van der Waals surface area contributed by atoms with Crippen molar-refractivity contribution in [2.24, 2.45) is 0 Å². The number of sulfonamides is 1. The molecule has 3 aromatic rings. The van der Waals surface area contributed by atoms with Crippen LogP contribution in [0.15, 0.2) is 76.1 Å². The fourth-order valence-electron chi connectivity index (χ4n) is 2.80. The average Bonchev–Trinajstić information content (AvgIpc) is 2.71. The molecule has 3 aromatic carbocycles. The molecule has 0 fully saturated rings. The van der Waals surface area contributed by atoms with Gasteiger partial charge < -0.3 is 5.32 Å². The van der Waals surface area contributed by atoms with E-state index in [2.05, 4.69) is 21.2 Å². The van der Waals surface area contributed by atoms with Crippen molar-refractivity contribution in [1.82, 2.24) is 0 Å².